The molecule has 17 nitrogen and oxygen atoms in total. The van der Waals surface area contributed by atoms with Crippen molar-refractivity contribution in [3.8, 4) is 5.75 Å². The van der Waals surface area contributed by atoms with Crippen LogP contribution in [0.4, 0.5) is 41.7 Å². The van der Waals surface area contributed by atoms with E-state index in [1.807, 2.05) is 0 Å². The molecule has 64 heavy (non-hydrogen) atoms. The van der Waals surface area contributed by atoms with Crippen molar-refractivity contribution in [2.24, 2.45) is 23.7 Å². The zero-order valence-corrected chi connectivity index (χ0v) is 34.9. The van der Waals surface area contributed by atoms with E-state index in [-0.39, 0.29) is 36.8 Å². The zero-order chi connectivity index (χ0) is 46.2. The van der Waals surface area contributed by atoms with E-state index in [4.69, 9.17) is 27.9 Å². The Morgan fingerprint density at radius 1 is 0.938 bits per heavy atom. The number of anilines is 3. The summed E-state index contributed by atoms with van der Waals surface area (Å²) in [4.78, 5) is 88.1. The van der Waals surface area contributed by atoms with Gasteiger partial charge in [-0.1, -0.05) is 59.1 Å². The van der Waals surface area contributed by atoms with Crippen LogP contribution in [0.1, 0.15) is 35.4 Å². The molecule has 6 unspecified atom stereocenters. The molecule has 0 radical (unpaired) electrons. The van der Waals surface area contributed by atoms with E-state index in [9.17, 15) is 52.9 Å². The van der Waals surface area contributed by atoms with Crippen LogP contribution in [0.5, 0.6) is 5.75 Å². The van der Waals surface area contributed by atoms with Crippen molar-refractivity contribution in [2.75, 3.05) is 42.5 Å². The molecule has 6 atom stereocenters. The molecule has 1 saturated carbocycles. The molecule has 0 spiro atoms. The van der Waals surface area contributed by atoms with Crippen molar-refractivity contribution in [3.05, 3.63) is 132 Å². The van der Waals surface area contributed by atoms with Crippen molar-refractivity contribution in [2.45, 2.75) is 30.4 Å². The number of hydrazine groups is 1. The number of nitro groups is 2. The van der Waals surface area contributed by atoms with Gasteiger partial charge in [-0.3, -0.25) is 44.8 Å². The number of allylic oxidation sites excluding steroid dienone is 2. The Balaban J connectivity index is 1.29. The van der Waals surface area contributed by atoms with Crippen LogP contribution < -0.4 is 20.0 Å². The number of pyridine rings is 1. The summed E-state index contributed by atoms with van der Waals surface area (Å²) in [6, 6.07) is 15.0. The minimum atomic E-state index is -4.82. The molecule has 2 N–H and O–H groups in total. The first kappa shape index (κ1) is 44.0. The van der Waals surface area contributed by atoms with Gasteiger partial charge < -0.3 is 14.7 Å². The monoisotopic (exact) mass is 923 g/mol. The van der Waals surface area contributed by atoms with Crippen LogP contribution in [0.15, 0.2) is 84.6 Å². The van der Waals surface area contributed by atoms with Gasteiger partial charge in [0.15, 0.2) is 11.5 Å². The van der Waals surface area contributed by atoms with E-state index < -0.39 is 108 Å². The highest BCUT2D eigenvalue weighted by atomic mass is 35.5. The normalized spacial score (nSPS) is 23.9. The topological polar surface area (TPSA) is 219 Å². The van der Waals surface area contributed by atoms with Gasteiger partial charge in [-0.05, 0) is 60.2 Å². The predicted molar refractivity (Wildman–Crippen MR) is 222 cm³/mol. The van der Waals surface area contributed by atoms with E-state index >= 15 is 4.79 Å². The molecule has 22 heteroatoms. The highest BCUT2D eigenvalue weighted by Crippen LogP contribution is 2.64. The Kier molecular flexibility index (Phi) is 11.1. The highest BCUT2D eigenvalue weighted by molar-refractivity contribution is 6.33. The third-order valence-corrected chi connectivity index (χ3v) is 12.8. The minimum Gasteiger partial charge on any atom is -0.491 e. The maximum atomic E-state index is 15.4. The van der Waals surface area contributed by atoms with Crippen LogP contribution in [-0.4, -0.2) is 75.9 Å². The van der Waals surface area contributed by atoms with Gasteiger partial charge in [-0.25, -0.2) is 9.88 Å². The van der Waals surface area contributed by atoms with Crippen molar-refractivity contribution in [1.82, 2.24) is 9.99 Å². The Hall–Kier alpha value is -6.64. The third kappa shape index (κ3) is 6.96. The van der Waals surface area contributed by atoms with Crippen LogP contribution >= 0.6 is 23.2 Å². The second-order valence-corrected chi connectivity index (χ2v) is 16.7. The molecule has 3 aromatic carbocycles. The lowest BCUT2D eigenvalue weighted by Gasteiger charge is -2.50. The molecule has 4 aromatic rings. The largest absolute Gasteiger partial charge is 0.491 e. The number of nitrogens with one attached hydrogen (secondary N) is 1. The van der Waals surface area contributed by atoms with E-state index in [1.165, 1.54) is 31.1 Å². The number of benzene rings is 3. The second kappa shape index (κ2) is 16.2. The summed E-state index contributed by atoms with van der Waals surface area (Å²) in [7, 11) is 2.73. The minimum absolute atomic E-state index is 0.0408. The number of aliphatic hydroxyl groups excluding tert-OH is 1. The molecule has 332 valence electrons. The summed E-state index contributed by atoms with van der Waals surface area (Å²) >= 11 is 12.6. The van der Waals surface area contributed by atoms with Crippen molar-refractivity contribution < 1.29 is 52.0 Å². The van der Waals surface area contributed by atoms with Gasteiger partial charge in [0, 0.05) is 43.4 Å². The molecule has 0 bridgehead atoms. The van der Waals surface area contributed by atoms with Gasteiger partial charge in [0.2, 0.25) is 11.8 Å². The van der Waals surface area contributed by atoms with Gasteiger partial charge in [0.1, 0.15) is 12.4 Å². The average Bonchev–Trinajstić information content (AvgIpc) is 3.63. The molecule has 2 saturated heterocycles. The Morgan fingerprint density at radius 3 is 2.14 bits per heavy atom. The van der Waals surface area contributed by atoms with Gasteiger partial charge in [0.05, 0.1) is 55.9 Å². The number of imide groups is 2. The molecular formula is C42H34Cl2F3N7O10. The summed E-state index contributed by atoms with van der Waals surface area (Å²) < 4.78 is 46.3. The molecule has 2 aliphatic heterocycles. The number of carbonyl (C=O) groups excluding carboxylic acids is 4. The Morgan fingerprint density at radius 2 is 1.58 bits per heavy atom. The molecule has 4 amide bonds. The van der Waals surface area contributed by atoms with Crippen molar-refractivity contribution in [1.29, 1.82) is 0 Å². The van der Waals surface area contributed by atoms with E-state index in [2.05, 4.69) is 10.4 Å². The zero-order valence-electron chi connectivity index (χ0n) is 33.4. The van der Waals surface area contributed by atoms with Crippen LogP contribution in [0, 0.1) is 43.9 Å². The van der Waals surface area contributed by atoms with Crippen LogP contribution in [0.3, 0.4) is 0 Å². The van der Waals surface area contributed by atoms with Crippen molar-refractivity contribution >= 4 is 75.4 Å². The number of amides is 4. The second-order valence-electron chi connectivity index (χ2n) is 15.8. The van der Waals surface area contributed by atoms with Crippen molar-refractivity contribution in [3.63, 3.8) is 0 Å². The SMILES string of the molecule is CN(C)c1c([N+](=O)[O-])cc(N2C(=O)C3CC=C4C(CC5C(=O)N(Nc6ncc(C(F)(F)F)cc6Cl)C(=O)C5(c5ccc(Cl)cc5)C4c4ccc(OCCO)cc4)C3C2=O)cc1[N+](=O)[O-]. The third-order valence-electron chi connectivity index (χ3n) is 12.3. The molecule has 3 fully saturated rings. The fraction of sp³-hybridized carbons (Fsp3) is 0.310. The number of carbonyl (C=O) groups is 4. The first-order valence-corrected chi connectivity index (χ1v) is 20.3. The number of hydrogen-bond acceptors (Lipinski definition) is 13. The molecule has 1 aromatic heterocycles. The first-order chi connectivity index (χ1) is 30.3. The number of ether oxygens (including phenoxy) is 1. The van der Waals surface area contributed by atoms with E-state index in [0.29, 0.717) is 44.6 Å². The predicted octanol–water partition coefficient (Wildman–Crippen LogP) is 6.85. The number of fused-ring (bicyclic) bond motifs is 4. The van der Waals surface area contributed by atoms with Gasteiger partial charge in [-0.15, -0.1) is 0 Å². The number of aliphatic hydroxyl groups is 1. The number of hydrogen-bond donors (Lipinski definition) is 2. The van der Waals surface area contributed by atoms with E-state index in [0.717, 1.165) is 12.1 Å². The number of aromatic nitrogens is 1. The molecule has 3 heterocycles. The lowest BCUT2D eigenvalue weighted by atomic mass is 9.49. The summed E-state index contributed by atoms with van der Waals surface area (Å²) in [5, 5.41) is 34.3. The van der Waals surface area contributed by atoms with Gasteiger partial charge >= 0.3 is 17.6 Å². The highest BCUT2D eigenvalue weighted by Gasteiger charge is 2.70. The number of alkyl halides is 3. The van der Waals surface area contributed by atoms with Crippen LogP contribution in [-0.2, 0) is 30.8 Å². The average molecular weight is 925 g/mol. The summed E-state index contributed by atoms with van der Waals surface area (Å²) in [6.07, 6.45) is -2.94. The number of rotatable bonds is 11. The first-order valence-electron chi connectivity index (χ1n) is 19.5. The lowest BCUT2D eigenvalue weighted by molar-refractivity contribution is -0.392. The van der Waals surface area contributed by atoms with E-state index in [1.54, 1.807) is 42.5 Å². The quantitative estimate of drug-likeness (QED) is 0.0682. The smallest absolute Gasteiger partial charge is 0.417 e. The molecule has 4 aliphatic rings. The number of nitrogens with zero attached hydrogens (tertiary/aromatic N) is 6. The molecule has 2 aliphatic carbocycles. The maximum Gasteiger partial charge on any atom is 0.417 e. The number of nitro benzene ring substituents is 2. The van der Waals surface area contributed by atoms with Gasteiger partial charge in [0.25, 0.3) is 11.8 Å². The van der Waals surface area contributed by atoms with Gasteiger partial charge in [-0.2, -0.15) is 18.2 Å². The standard InChI is InChI=1S/C42H34Cl2F3N7O10/c1-50(2)35-31(53(60)61)16-24(17-32(35)54(62)63)51-37(56)27-12-11-26-28(33(27)39(51)58)18-29-38(57)52(49-36-30(44)15-22(19-48-36)42(45,46)47)40(59)41(29,21-5-7-23(43)8-6-21)34(26)20-3-9-25(10-4-20)64-14-13-55/h3-11,15-17,19,27-29,33-34,55H,12-14,18H2,1-2H3,(H,48,49). The van der Waals surface area contributed by atoms with Crippen LogP contribution in [0.25, 0.3) is 0 Å². The van der Waals surface area contributed by atoms with Crippen LogP contribution in [0.2, 0.25) is 10.0 Å². The maximum absolute atomic E-state index is 15.4. The Bertz CT molecular complexity index is 2650. The fourth-order valence-electron chi connectivity index (χ4n) is 9.79. The summed E-state index contributed by atoms with van der Waals surface area (Å²) in [6.45, 7) is -0.328. The summed E-state index contributed by atoms with van der Waals surface area (Å²) in [5.41, 5.74) is -1.49. The summed E-state index contributed by atoms with van der Waals surface area (Å²) in [5.74, 6) is -9.19. The number of halogens is 5. The molecular weight excluding hydrogens is 890 g/mol. The molecule has 8 rings (SSSR count). The fourth-order valence-corrected chi connectivity index (χ4v) is 10.1. The Labute approximate surface area is 370 Å². The lowest BCUT2D eigenvalue weighted by Crippen LogP contribution is -2.53.